The summed E-state index contributed by atoms with van der Waals surface area (Å²) in [5.74, 6) is 1.96. The highest BCUT2D eigenvalue weighted by Crippen LogP contribution is 2.45. The Hall–Kier alpha value is -5.28. The van der Waals surface area contributed by atoms with Gasteiger partial charge in [-0.3, -0.25) is 4.79 Å². The lowest BCUT2D eigenvalue weighted by atomic mass is 10.2. The van der Waals surface area contributed by atoms with Crippen molar-refractivity contribution in [2.24, 2.45) is 0 Å². The van der Waals surface area contributed by atoms with Gasteiger partial charge in [0.15, 0.2) is 28.3 Å². The van der Waals surface area contributed by atoms with Crippen molar-refractivity contribution in [1.82, 2.24) is 14.9 Å². The fourth-order valence-corrected chi connectivity index (χ4v) is 8.03. The Labute approximate surface area is 295 Å². The van der Waals surface area contributed by atoms with Gasteiger partial charge in [0.05, 0.1) is 46.1 Å². The van der Waals surface area contributed by atoms with Gasteiger partial charge in [-0.1, -0.05) is 17.3 Å². The summed E-state index contributed by atoms with van der Waals surface area (Å²) < 4.78 is 66.6. The summed E-state index contributed by atoms with van der Waals surface area (Å²) in [6.07, 6.45) is 5.75. The summed E-state index contributed by atoms with van der Waals surface area (Å²) in [6.45, 7) is 0.563. The van der Waals surface area contributed by atoms with E-state index in [2.05, 4.69) is 10.5 Å². The fraction of sp³-hybridized carbons (Fsp3) is 0.361. The van der Waals surface area contributed by atoms with E-state index in [9.17, 15) is 13.2 Å². The molecule has 1 N–H and O–H groups in total. The van der Waals surface area contributed by atoms with Crippen LogP contribution in [0.4, 0.5) is 17.3 Å². The standard InChI is InChI=1S/C36H39N5O9S/c1-45-25-12-8-22(9-13-25)20-40(51(43,44)35-31(47-3)15-23(21-42)16-32(35)48-4)36-26-17-30(46-2)27(18-29(26)50-39-36)37-33-19-28(24-10-11-24)41(38-33)34-7-5-6-14-49-34/h8-9,12-13,15-19,21,24,34H,5-7,10-11,14,20H2,1-4H3,(H,37,38). The Morgan fingerprint density at radius 3 is 2.25 bits per heavy atom. The molecule has 5 aromatic rings. The minimum Gasteiger partial charge on any atom is -0.497 e. The van der Waals surface area contributed by atoms with E-state index in [0.717, 1.165) is 42.1 Å². The van der Waals surface area contributed by atoms with E-state index in [1.165, 1.54) is 33.5 Å². The maximum absolute atomic E-state index is 14.8. The molecule has 7 rings (SSSR count). The number of hydrogen-bond donors (Lipinski definition) is 1. The molecule has 3 aromatic carbocycles. The number of aldehydes is 1. The maximum atomic E-state index is 14.8. The molecular formula is C36H39N5O9S. The first-order valence-corrected chi connectivity index (χ1v) is 18.0. The second-order valence-corrected chi connectivity index (χ2v) is 14.2. The number of nitrogens with one attached hydrogen (secondary N) is 1. The highest BCUT2D eigenvalue weighted by molar-refractivity contribution is 7.93. The van der Waals surface area contributed by atoms with Crippen LogP contribution in [0.5, 0.6) is 23.0 Å². The van der Waals surface area contributed by atoms with Gasteiger partial charge in [-0.2, -0.15) is 5.10 Å². The molecule has 0 bridgehead atoms. The molecule has 1 saturated carbocycles. The van der Waals surface area contributed by atoms with Crippen molar-refractivity contribution in [2.45, 2.75) is 55.7 Å². The molecule has 0 radical (unpaired) electrons. The average molecular weight is 718 g/mol. The number of benzene rings is 3. The SMILES string of the molecule is COc1ccc(CN(c2noc3cc(Nc4cc(C5CC5)n(C5CCCCO5)n4)c(OC)cc23)S(=O)(=O)c2c(OC)cc(C=O)cc2OC)cc1. The van der Waals surface area contributed by atoms with E-state index in [1.54, 1.807) is 43.5 Å². The van der Waals surface area contributed by atoms with Crippen molar-refractivity contribution in [3.63, 3.8) is 0 Å². The second kappa shape index (κ2) is 14.2. The van der Waals surface area contributed by atoms with Crippen LogP contribution in [0, 0.1) is 0 Å². The average Bonchev–Trinajstić information content (AvgIpc) is 3.81. The Bertz CT molecular complexity index is 2130. The number of sulfonamides is 1. The number of nitrogens with zero attached hydrogens (tertiary/aromatic N) is 4. The highest BCUT2D eigenvalue weighted by atomic mass is 32.2. The summed E-state index contributed by atoms with van der Waals surface area (Å²) >= 11 is 0. The second-order valence-electron chi connectivity index (χ2n) is 12.4. The molecule has 268 valence electrons. The lowest BCUT2D eigenvalue weighted by Gasteiger charge is -2.25. The Morgan fingerprint density at radius 2 is 1.65 bits per heavy atom. The summed E-state index contributed by atoms with van der Waals surface area (Å²) in [5.41, 5.74) is 2.81. The van der Waals surface area contributed by atoms with Crippen LogP contribution in [0.15, 0.2) is 64.0 Å². The molecule has 1 unspecified atom stereocenters. The zero-order valence-corrected chi connectivity index (χ0v) is 29.6. The monoisotopic (exact) mass is 717 g/mol. The van der Waals surface area contributed by atoms with Gasteiger partial charge in [-0.25, -0.2) is 17.4 Å². The number of aromatic nitrogens is 3. The number of anilines is 3. The number of rotatable bonds is 14. The summed E-state index contributed by atoms with van der Waals surface area (Å²) in [6, 6.07) is 15.1. The van der Waals surface area contributed by atoms with Crippen LogP contribution < -0.4 is 28.6 Å². The molecule has 0 amide bonds. The van der Waals surface area contributed by atoms with E-state index >= 15 is 0 Å². The smallest absolute Gasteiger partial charge is 0.273 e. The number of carbonyl (C=O) groups is 1. The molecule has 1 saturated heterocycles. The summed E-state index contributed by atoms with van der Waals surface area (Å²) in [4.78, 5) is 11.4. The molecule has 51 heavy (non-hydrogen) atoms. The van der Waals surface area contributed by atoms with E-state index in [1.807, 2.05) is 10.7 Å². The summed E-state index contributed by atoms with van der Waals surface area (Å²) in [7, 11) is 1.22. The molecule has 14 nitrogen and oxygen atoms in total. The van der Waals surface area contributed by atoms with E-state index in [-0.39, 0.29) is 40.5 Å². The van der Waals surface area contributed by atoms with Gasteiger partial charge in [0.2, 0.25) is 0 Å². The first-order valence-electron chi connectivity index (χ1n) is 16.6. The molecule has 1 aliphatic heterocycles. The van der Waals surface area contributed by atoms with Crippen molar-refractivity contribution < 1.29 is 41.4 Å². The summed E-state index contributed by atoms with van der Waals surface area (Å²) in [5, 5.41) is 12.9. The molecule has 0 spiro atoms. The quantitative estimate of drug-likeness (QED) is 0.123. The van der Waals surface area contributed by atoms with Crippen LogP contribution in [-0.2, 0) is 21.3 Å². The van der Waals surface area contributed by atoms with Crippen LogP contribution in [0.25, 0.3) is 11.0 Å². The van der Waals surface area contributed by atoms with E-state index in [4.69, 9.17) is 33.3 Å². The van der Waals surface area contributed by atoms with E-state index in [0.29, 0.717) is 58.3 Å². The predicted molar refractivity (Wildman–Crippen MR) is 188 cm³/mol. The predicted octanol–water partition coefficient (Wildman–Crippen LogP) is 6.59. The number of carbonyl (C=O) groups excluding carboxylic acids is 1. The van der Waals surface area contributed by atoms with Gasteiger partial charge < -0.3 is 33.5 Å². The van der Waals surface area contributed by atoms with Crippen molar-refractivity contribution in [2.75, 3.05) is 44.7 Å². The van der Waals surface area contributed by atoms with Crippen molar-refractivity contribution >= 4 is 44.6 Å². The van der Waals surface area contributed by atoms with Gasteiger partial charge in [0.25, 0.3) is 10.0 Å². The van der Waals surface area contributed by atoms with Gasteiger partial charge >= 0.3 is 0 Å². The zero-order chi connectivity index (χ0) is 35.7. The van der Waals surface area contributed by atoms with Gasteiger partial charge in [0, 0.05) is 35.9 Å². The number of methoxy groups -OCH3 is 4. The number of fused-ring (bicyclic) bond motifs is 1. The van der Waals surface area contributed by atoms with Crippen LogP contribution in [0.3, 0.4) is 0 Å². The van der Waals surface area contributed by atoms with Crippen LogP contribution in [-0.4, -0.2) is 64.7 Å². The Morgan fingerprint density at radius 1 is 0.922 bits per heavy atom. The van der Waals surface area contributed by atoms with Crippen molar-refractivity contribution in [1.29, 1.82) is 0 Å². The molecule has 2 fully saturated rings. The first-order chi connectivity index (χ1) is 24.8. The molecule has 1 atom stereocenters. The third-order valence-electron chi connectivity index (χ3n) is 9.11. The van der Waals surface area contributed by atoms with E-state index < -0.39 is 10.0 Å². The first kappa shape index (κ1) is 34.2. The largest absolute Gasteiger partial charge is 0.497 e. The number of hydrogen-bond acceptors (Lipinski definition) is 12. The zero-order valence-electron chi connectivity index (χ0n) is 28.7. The molecule has 3 heterocycles. The minimum absolute atomic E-state index is 0.00369. The minimum atomic E-state index is -4.50. The molecular weight excluding hydrogens is 678 g/mol. The molecule has 15 heteroatoms. The van der Waals surface area contributed by atoms with Crippen LogP contribution in [0.1, 0.15) is 65.9 Å². The van der Waals surface area contributed by atoms with Crippen molar-refractivity contribution in [3.05, 3.63) is 71.4 Å². The maximum Gasteiger partial charge on any atom is 0.273 e. The Balaban J connectivity index is 1.31. The third kappa shape index (κ3) is 6.66. The lowest BCUT2D eigenvalue weighted by molar-refractivity contribution is -0.0409. The van der Waals surface area contributed by atoms with Gasteiger partial charge in [-0.15, -0.1) is 0 Å². The Kier molecular flexibility index (Phi) is 9.48. The van der Waals surface area contributed by atoms with Gasteiger partial charge in [-0.05, 0) is 68.0 Å². The highest BCUT2D eigenvalue weighted by Gasteiger charge is 2.36. The normalized spacial score (nSPS) is 16.1. The van der Waals surface area contributed by atoms with Crippen LogP contribution in [0.2, 0.25) is 0 Å². The van der Waals surface area contributed by atoms with Crippen LogP contribution >= 0.6 is 0 Å². The third-order valence-corrected chi connectivity index (χ3v) is 10.9. The molecule has 2 aromatic heterocycles. The topological polar surface area (TPSA) is 156 Å². The van der Waals surface area contributed by atoms with Gasteiger partial charge in [0.1, 0.15) is 29.3 Å². The molecule has 1 aliphatic carbocycles. The fourth-order valence-electron chi connectivity index (χ4n) is 6.34. The number of ether oxygens (including phenoxy) is 5. The van der Waals surface area contributed by atoms with Crippen molar-refractivity contribution in [3.8, 4) is 23.0 Å². The lowest BCUT2D eigenvalue weighted by Crippen LogP contribution is -2.31. The molecule has 2 aliphatic rings.